The monoisotopic (exact) mass is 353 g/mol. The molecule has 25 heavy (non-hydrogen) atoms. The summed E-state index contributed by atoms with van der Waals surface area (Å²) >= 11 is 0. The minimum absolute atomic E-state index is 0.0255. The Balaban J connectivity index is 2.83. The number of nitrogens with zero attached hydrogens (tertiary/aromatic N) is 1. The second-order valence-electron chi connectivity index (χ2n) is 7.37. The van der Waals surface area contributed by atoms with Crippen molar-refractivity contribution in [2.24, 2.45) is 11.8 Å². The molecule has 0 spiro atoms. The molecule has 1 amide bonds. The zero-order valence-electron chi connectivity index (χ0n) is 16.7. The second-order valence-corrected chi connectivity index (χ2v) is 7.37. The molecule has 1 fully saturated rings. The number of carbonyl (C=O) groups is 2. The summed E-state index contributed by atoms with van der Waals surface area (Å²) in [7, 11) is 0. The highest BCUT2D eigenvalue weighted by Gasteiger charge is 2.38. The van der Waals surface area contributed by atoms with Gasteiger partial charge in [-0.15, -0.1) is 0 Å². The van der Waals surface area contributed by atoms with E-state index in [0.29, 0.717) is 6.61 Å². The SMILES string of the molecule is CCCCCN(CCCCC)C(=O)[C@@H](C(=O)OCC)C1CCCCC1. The van der Waals surface area contributed by atoms with Gasteiger partial charge in [0.1, 0.15) is 5.92 Å². The van der Waals surface area contributed by atoms with Gasteiger partial charge in [0.25, 0.3) is 0 Å². The first-order chi connectivity index (χ1) is 12.2. The third-order valence-electron chi connectivity index (χ3n) is 5.30. The number of ether oxygens (including phenoxy) is 1. The van der Waals surface area contributed by atoms with Crippen LogP contribution in [0.5, 0.6) is 0 Å². The molecule has 0 N–H and O–H groups in total. The fraction of sp³-hybridized carbons (Fsp3) is 0.905. The summed E-state index contributed by atoms with van der Waals surface area (Å²) in [5.41, 5.74) is 0. The molecule has 1 saturated carbocycles. The van der Waals surface area contributed by atoms with E-state index in [1.54, 1.807) is 0 Å². The Kier molecular flexibility index (Phi) is 11.6. The van der Waals surface area contributed by atoms with Gasteiger partial charge < -0.3 is 9.64 Å². The normalized spacial score (nSPS) is 16.4. The molecule has 4 nitrogen and oxygen atoms in total. The molecular formula is C21H39NO3. The quantitative estimate of drug-likeness (QED) is 0.283. The van der Waals surface area contributed by atoms with E-state index in [0.717, 1.165) is 77.3 Å². The predicted molar refractivity (Wildman–Crippen MR) is 102 cm³/mol. The molecule has 0 unspecified atom stereocenters. The molecule has 4 heteroatoms. The Morgan fingerprint density at radius 1 is 0.920 bits per heavy atom. The average Bonchev–Trinajstić information content (AvgIpc) is 2.62. The summed E-state index contributed by atoms with van der Waals surface area (Å²) in [5, 5.41) is 0. The Bertz CT molecular complexity index is 367. The van der Waals surface area contributed by atoms with E-state index in [1.165, 1.54) is 6.42 Å². The van der Waals surface area contributed by atoms with Gasteiger partial charge in [0.2, 0.25) is 5.91 Å². The smallest absolute Gasteiger partial charge is 0.318 e. The fourth-order valence-electron chi connectivity index (χ4n) is 3.83. The zero-order valence-corrected chi connectivity index (χ0v) is 16.7. The van der Waals surface area contributed by atoms with Gasteiger partial charge >= 0.3 is 5.97 Å². The van der Waals surface area contributed by atoms with Gasteiger partial charge in [0.05, 0.1) is 6.61 Å². The van der Waals surface area contributed by atoms with Crippen molar-refractivity contribution in [3.05, 3.63) is 0 Å². The summed E-state index contributed by atoms with van der Waals surface area (Å²) in [4.78, 5) is 27.8. The topological polar surface area (TPSA) is 46.6 Å². The molecule has 0 aromatic rings. The Labute approximate surface area is 154 Å². The first-order valence-electron chi connectivity index (χ1n) is 10.6. The van der Waals surface area contributed by atoms with Crippen LogP contribution in [0.3, 0.4) is 0 Å². The first kappa shape index (κ1) is 22.0. The Hall–Kier alpha value is -1.06. The highest BCUT2D eigenvalue weighted by molar-refractivity contribution is 5.98. The number of rotatable bonds is 12. The van der Waals surface area contributed by atoms with Crippen molar-refractivity contribution in [3.63, 3.8) is 0 Å². The molecular weight excluding hydrogens is 314 g/mol. The van der Waals surface area contributed by atoms with Crippen LogP contribution < -0.4 is 0 Å². The lowest BCUT2D eigenvalue weighted by Gasteiger charge is -2.32. The number of carbonyl (C=O) groups excluding carboxylic acids is 2. The lowest BCUT2D eigenvalue weighted by Crippen LogP contribution is -2.45. The van der Waals surface area contributed by atoms with Crippen LogP contribution >= 0.6 is 0 Å². The van der Waals surface area contributed by atoms with E-state index < -0.39 is 5.92 Å². The molecule has 1 aliphatic carbocycles. The minimum Gasteiger partial charge on any atom is -0.465 e. The summed E-state index contributed by atoms with van der Waals surface area (Å²) < 4.78 is 5.29. The van der Waals surface area contributed by atoms with Crippen LogP contribution in [0.2, 0.25) is 0 Å². The van der Waals surface area contributed by atoms with Gasteiger partial charge in [-0.05, 0) is 38.5 Å². The van der Waals surface area contributed by atoms with Crippen LogP contribution in [-0.4, -0.2) is 36.5 Å². The van der Waals surface area contributed by atoms with Crippen LogP contribution in [0.1, 0.15) is 91.4 Å². The molecule has 0 radical (unpaired) electrons. The molecule has 0 aliphatic heterocycles. The number of unbranched alkanes of at least 4 members (excludes halogenated alkanes) is 4. The maximum absolute atomic E-state index is 13.3. The van der Waals surface area contributed by atoms with Crippen molar-refractivity contribution in [1.82, 2.24) is 4.90 Å². The van der Waals surface area contributed by atoms with Gasteiger partial charge in [-0.2, -0.15) is 0 Å². The first-order valence-corrected chi connectivity index (χ1v) is 10.6. The van der Waals surface area contributed by atoms with Gasteiger partial charge in [-0.25, -0.2) is 0 Å². The fourth-order valence-corrected chi connectivity index (χ4v) is 3.83. The third-order valence-corrected chi connectivity index (χ3v) is 5.30. The molecule has 1 aliphatic rings. The van der Waals surface area contributed by atoms with Crippen molar-refractivity contribution in [1.29, 1.82) is 0 Å². The third kappa shape index (κ3) is 7.79. The van der Waals surface area contributed by atoms with E-state index in [-0.39, 0.29) is 17.8 Å². The molecule has 146 valence electrons. The van der Waals surface area contributed by atoms with Crippen molar-refractivity contribution in [3.8, 4) is 0 Å². The standard InChI is InChI=1S/C21H39NO3/c1-4-7-12-16-22(17-13-8-5-2)20(23)19(21(24)25-6-3)18-14-10-9-11-15-18/h18-19H,4-17H2,1-3H3/t19-/m0/s1. The Morgan fingerprint density at radius 2 is 1.48 bits per heavy atom. The summed E-state index contributed by atoms with van der Waals surface area (Å²) in [6.07, 6.45) is 12.0. The largest absolute Gasteiger partial charge is 0.465 e. The Morgan fingerprint density at radius 3 is 1.96 bits per heavy atom. The molecule has 0 aromatic heterocycles. The van der Waals surface area contributed by atoms with Crippen LogP contribution in [0.4, 0.5) is 0 Å². The maximum Gasteiger partial charge on any atom is 0.318 e. The lowest BCUT2D eigenvalue weighted by molar-refractivity contribution is -0.159. The van der Waals surface area contributed by atoms with Gasteiger partial charge in [0, 0.05) is 13.1 Å². The number of esters is 1. The van der Waals surface area contributed by atoms with Crippen molar-refractivity contribution >= 4 is 11.9 Å². The summed E-state index contributed by atoms with van der Waals surface area (Å²) in [5.74, 6) is -0.684. The predicted octanol–water partition coefficient (Wildman–Crippen LogP) is 4.96. The molecule has 0 heterocycles. The van der Waals surface area contributed by atoms with Crippen molar-refractivity contribution in [2.45, 2.75) is 91.4 Å². The zero-order chi connectivity index (χ0) is 18.5. The summed E-state index contributed by atoms with van der Waals surface area (Å²) in [6.45, 7) is 8.07. The van der Waals surface area contributed by atoms with E-state index in [4.69, 9.17) is 4.74 Å². The van der Waals surface area contributed by atoms with E-state index in [2.05, 4.69) is 13.8 Å². The van der Waals surface area contributed by atoms with Crippen molar-refractivity contribution in [2.75, 3.05) is 19.7 Å². The van der Waals surface area contributed by atoms with Crippen molar-refractivity contribution < 1.29 is 14.3 Å². The molecule has 1 atom stereocenters. The maximum atomic E-state index is 13.3. The minimum atomic E-state index is -0.580. The highest BCUT2D eigenvalue weighted by atomic mass is 16.5. The highest BCUT2D eigenvalue weighted by Crippen LogP contribution is 2.32. The van der Waals surface area contributed by atoms with Crippen LogP contribution in [0.15, 0.2) is 0 Å². The van der Waals surface area contributed by atoms with E-state index in [9.17, 15) is 9.59 Å². The van der Waals surface area contributed by atoms with Gasteiger partial charge in [0.15, 0.2) is 0 Å². The van der Waals surface area contributed by atoms with Gasteiger partial charge in [-0.3, -0.25) is 9.59 Å². The summed E-state index contributed by atoms with van der Waals surface area (Å²) in [6, 6.07) is 0. The molecule has 0 bridgehead atoms. The van der Waals surface area contributed by atoms with E-state index >= 15 is 0 Å². The van der Waals surface area contributed by atoms with Gasteiger partial charge in [-0.1, -0.05) is 58.8 Å². The molecule has 1 rings (SSSR count). The van der Waals surface area contributed by atoms with Crippen LogP contribution in [0.25, 0.3) is 0 Å². The number of amides is 1. The number of hydrogen-bond acceptors (Lipinski definition) is 3. The van der Waals surface area contributed by atoms with Crippen LogP contribution in [0, 0.1) is 11.8 Å². The second kappa shape index (κ2) is 13.2. The van der Waals surface area contributed by atoms with Crippen LogP contribution in [-0.2, 0) is 14.3 Å². The molecule has 0 saturated heterocycles. The molecule has 0 aromatic carbocycles. The van der Waals surface area contributed by atoms with E-state index in [1.807, 2.05) is 11.8 Å². The average molecular weight is 354 g/mol. The number of hydrogen-bond donors (Lipinski definition) is 0. The lowest BCUT2D eigenvalue weighted by atomic mass is 9.79.